The van der Waals surface area contributed by atoms with Crippen LogP contribution in [0.3, 0.4) is 0 Å². The highest BCUT2D eigenvalue weighted by molar-refractivity contribution is 6.15. The molecule has 6 aromatic carbocycles. The summed E-state index contributed by atoms with van der Waals surface area (Å²) in [6.45, 7) is 8.95. The number of aryl methyl sites for hydroxylation is 2. The number of hydrogen-bond acceptors (Lipinski definition) is 3. The molecule has 0 unspecified atom stereocenters. The number of anilines is 2. The van der Waals surface area contributed by atoms with Crippen LogP contribution < -0.4 is 5.32 Å². The van der Waals surface area contributed by atoms with Crippen LogP contribution in [0.4, 0.5) is 22.7 Å². The van der Waals surface area contributed by atoms with Gasteiger partial charge < -0.3 is 5.32 Å². The molecule has 7 rings (SSSR count). The van der Waals surface area contributed by atoms with E-state index in [2.05, 4.69) is 154 Å². The number of rotatable bonds is 6. The Morgan fingerprint density at radius 2 is 0.761 bits per heavy atom. The minimum Gasteiger partial charge on any atom is -0.351 e. The standard InChI is InChI=1S/C43H37N3/c1-29-25-35-41(37(27-29)44-39(31-17-9-5-10-18-31)32-19-11-6-12-20-32)46-42-36(43(35,3)4)26-30(2)28-38(42)45-40(33-21-13-7-14-22-33)34-23-15-8-16-24-34/h5-28,46H,1-4H3. The van der Waals surface area contributed by atoms with Crippen molar-refractivity contribution < 1.29 is 0 Å². The Hall–Kier alpha value is -5.54. The monoisotopic (exact) mass is 595 g/mol. The SMILES string of the molecule is Cc1cc(N=C(c2ccccc2)c2ccccc2)c2c(c1)C(C)(C)c1cc(C)cc(N=C(c3ccccc3)c3ccccc3)c1N2. The maximum Gasteiger partial charge on any atom is 0.0878 e. The zero-order chi connectivity index (χ0) is 31.7. The van der Waals surface area contributed by atoms with Gasteiger partial charge in [-0.3, -0.25) is 0 Å². The zero-order valence-electron chi connectivity index (χ0n) is 26.8. The number of benzene rings is 6. The highest BCUT2D eigenvalue weighted by Gasteiger charge is 2.36. The van der Waals surface area contributed by atoms with Crippen molar-refractivity contribution in [1.82, 2.24) is 0 Å². The molecule has 0 spiro atoms. The smallest absolute Gasteiger partial charge is 0.0878 e. The van der Waals surface area contributed by atoms with Gasteiger partial charge in [0.2, 0.25) is 0 Å². The Morgan fingerprint density at radius 1 is 0.457 bits per heavy atom. The van der Waals surface area contributed by atoms with Gasteiger partial charge in [-0.2, -0.15) is 0 Å². The second-order valence-corrected chi connectivity index (χ2v) is 12.5. The van der Waals surface area contributed by atoms with Crippen LogP contribution in [0.1, 0.15) is 58.4 Å². The average molecular weight is 596 g/mol. The molecular weight excluding hydrogens is 558 g/mol. The number of hydrogen-bond donors (Lipinski definition) is 1. The molecule has 0 radical (unpaired) electrons. The van der Waals surface area contributed by atoms with Crippen LogP contribution in [0.5, 0.6) is 0 Å². The van der Waals surface area contributed by atoms with Gasteiger partial charge in [-0.1, -0.05) is 147 Å². The molecule has 0 fully saturated rings. The molecule has 1 heterocycles. The molecule has 0 amide bonds. The number of aliphatic imine (C=N–C) groups is 2. The van der Waals surface area contributed by atoms with Crippen molar-refractivity contribution >= 4 is 34.2 Å². The molecule has 3 nitrogen and oxygen atoms in total. The molecule has 224 valence electrons. The second-order valence-electron chi connectivity index (χ2n) is 12.5. The lowest BCUT2D eigenvalue weighted by molar-refractivity contribution is 0.637. The van der Waals surface area contributed by atoms with Crippen molar-refractivity contribution in [2.75, 3.05) is 5.32 Å². The molecule has 0 saturated heterocycles. The van der Waals surface area contributed by atoms with E-state index in [1.165, 1.54) is 22.3 Å². The fourth-order valence-electron chi connectivity index (χ4n) is 6.45. The average Bonchev–Trinajstić information content (AvgIpc) is 3.08. The molecule has 0 aromatic heterocycles. The van der Waals surface area contributed by atoms with Crippen LogP contribution in [0.25, 0.3) is 0 Å². The highest BCUT2D eigenvalue weighted by atomic mass is 15.0. The van der Waals surface area contributed by atoms with E-state index in [0.717, 1.165) is 56.4 Å². The van der Waals surface area contributed by atoms with Gasteiger partial charge in [-0.25, -0.2) is 9.98 Å². The predicted molar refractivity (Wildman–Crippen MR) is 194 cm³/mol. The molecule has 0 bridgehead atoms. The first-order chi connectivity index (χ1) is 22.4. The summed E-state index contributed by atoms with van der Waals surface area (Å²) in [6.07, 6.45) is 0. The van der Waals surface area contributed by atoms with Gasteiger partial charge in [-0.15, -0.1) is 0 Å². The molecule has 1 aliphatic heterocycles. The van der Waals surface area contributed by atoms with Crippen molar-refractivity contribution in [1.29, 1.82) is 0 Å². The van der Waals surface area contributed by atoms with Crippen LogP contribution >= 0.6 is 0 Å². The van der Waals surface area contributed by atoms with Gasteiger partial charge in [0.25, 0.3) is 0 Å². The summed E-state index contributed by atoms with van der Waals surface area (Å²) in [4.78, 5) is 10.9. The highest BCUT2D eigenvalue weighted by Crippen LogP contribution is 2.52. The Labute approximate surface area is 272 Å². The Kier molecular flexibility index (Phi) is 7.68. The zero-order valence-corrected chi connectivity index (χ0v) is 26.8. The number of nitrogens with zero attached hydrogens (tertiary/aromatic N) is 2. The maximum absolute atomic E-state index is 5.43. The summed E-state index contributed by atoms with van der Waals surface area (Å²) in [5, 5.41) is 3.89. The van der Waals surface area contributed by atoms with Crippen LogP contribution in [-0.4, -0.2) is 11.4 Å². The maximum atomic E-state index is 5.43. The minimum absolute atomic E-state index is 0.290. The van der Waals surface area contributed by atoms with E-state index in [9.17, 15) is 0 Å². The Bertz CT molecular complexity index is 1840. The summed E-state index contributed by atoms with van der Waals surface area (Å²) >= 11 is 0. The largest absolute Gasteiger partial charge is 0.351 e. The van der Waals surface area contributed by atoms with E-state index in [0.29, 0.717) is 0 Å². The second kappa shape index (κ2) is 12.1. The first kappa shape index (κ1) is 29.2. The predicted octanol–water partition coefficient (Wildman–Crippen LogP) is 11.0. The quantitative estimate of drug-likeness (QED) is 0.191. The van der Waals surface area contributed by atoms with E-state index < -0.39 is 0 Å². The van der Waals surface area contributed by atoms with Crippen LogP contribution in [0.2, 0.25) is 0 Å². The summed E-state index contributed by atoms with van der Waals surface area (Å²) in [7, 11) is 0. The van der Waals surface area contributed by atoms with Gasteiger partial charge in [0.15, 0.2) is 0 Å². The normalized spacial score (nSPS) is 12.7. The summed E-state index contributed by atoms with van der Waals surface area (Å²) in [5.74, 6) is 0. The van der Waals surface area contributed by atoms with E-state index in [4.69, 9.17) is 9.98 Å². The lowest BCUT2D eigenvalue weighted by Gasteiger charge is -2.37. The lowest BCUT2D eigenvalue weighted by Crippen LogP contribution is -2.26. The third-order valence-electron chi connectivity index (χ3n) is 8.77. The van der Waals surface area contributed by atoms with E-state index in [1.54, 1.807) is 0 Å². The van der Waals surface area contributed by atoms with Crippen LogP contribution in [0, 0.1) is 13.8 Å². The topological polar surface area (TPSA) is 36.8 Å². The van der Waals surface area contributed by atoms with Crippen molar-refractivity contribution in [2.45, 2.75) is 33.1 Å². The summed E-state index contributed by atoms with van der Waals surface area (Å²) in [5.41, 5.74) is 14.6. The van der Waals surface area contributed by atoms with E-state index in [1.807, 2.05) is 24.3 Å². The van der Waals surface area contributed by atoms with Crippen LogP contribution in [-0.2, 0) is 5.41 Å². The first-order valence-electron chi connectivity index (χ1n) is 15.8. The molecule has 0 aliphatic carbocycles. The lowest BCUT2D eigenvalue weighted by atomic mass is 9.73. The van der Waals surface area contributed by atoms with Gasteiger partial charge in [0, 0.05) is 27.7 Å². The van der Waals surface area contributed by atoms with Crippen molar-refractivity contribution in [2.24, 2.45) is 9.98 Å². The molecule has 6 aromatic rings. The molecular formula is C43H37N3. The Balaban J connectivity index is 1.45. The van der Waals surface area contributed by atoms with E-state index in [-0.39, 0.29) is 5.41 Å². The Morgan fingerprint density at radius 3 is 1.07 bits per heavy atom. The van der Waals surface area contributed by atoms with Crippen molar-refractivity contribution in [3.05, 3.63) is 190 Å². The molecule has 1 N–H and O–H groups in total. The fraction of sp³-hybridized carbons (Fsp3) is 0.116. The van der Waals surface area contributed by atoms with Crippen molar-refractivity contribution in [3.8, 4) is 0 Å². The minimum atomic E-state index is -0.290. The third kappa shape index (κ3) is 5.57. The third-order valence-corrected chi connectivity index (χ3v) is 8.77. The molecule has 46 heavy (non-hydrogen) atoms. The molecule has 3 heteroatoms. The first-order valence-corrected chi connectivity index (χ1v) is 15.8. The molecule has 1 aliphatic rings. The van der Waals surface area contributed by atoms with Crippen LogP contribution in [0.15, 0.2) is 156 Å². The fourth-order valence-corrected chi connectivity index (χ4v) is 6.45. The molecule has 0 saturated carbocycles. The number of fused-ring (bicyclic) bond motifs is 2. The van der Waals surface area contributed by atoms with Gasteiger partial charge in [0.05, 0.1) is 34.2 Å². The van der Waals surface area contributed by atoms with Gasteiger partial charge in [-0.05, 0) is 48.2 Å². The summed E-state index contributed by atoms with van der Waals surface area (Å²) < 4.78 is 0. The van der Waals surface area contributed by atoms with Gasteiger partial charge >= 0.3 is 0 Å². The molecule has 0 atom stereocenters. The van der Waals surface area contributed by atoms with Gasteiger partial charge in [0.1, 0.15) is 0 Å². The van der Waals surface area contributed by atoms with E-state index >= 15 is 0 Å². The van der Waals surface area contributed by atoms with Crippen molar-refractivity contribution in [3.63, 3.8) is 0 Å². The summed E-state index contributed by atoms with van der Waals surface area (Å²) in [6, 6.07) is 50.8. The number of nitrogens with one attached hydrogen (secondary N) is 1.